The van der Waals surface area contributed by atoms with E-state index in [2.05, 4.69) is 17.1 Å². The van der Waals surface area contributed by atoms with Crippen LogP contribution in [-0.4, -0.2) is 29.7 Å². The van der Waals surface area contributed by atoms with Gasteiger partial charge in [0.1, 0.15) is 0 Å². The zero-order valence-corrected chi connectivity index (χ0v) is 10.5. The molecule has 1 aromatic heterocycles. The van der Waals surface area contributed by atoms with Gasteiger partial charge in [0.15, 0.2) is 11.5 Å². The van der Waals surface area contributed by atoms with E-state index in [0.717, 1.165) is 18.8 Å². The summed E-state index contributed by atoms with van der Waals surface area (Å²) in [6, 6.07) is 3.38. The highest BCUT2D eigenvalue weighted by molar-refractivity contribution is 5.90. The van der Waals surface area contributed by atoms with E-state index < -0.39 is 5.91 Å². The van der Waals surface area contributed by atoms with Gasteiger partial charge in [0.25, 0.3) is 5.91 Å². The molecule has 0 aliphatic rings. The molecule has 0 saturated carbocycles. The quantitative estimate of drug-likeness (QED) is 0.730. The fourth-order valence-electron chi connectivity index (χ4n) is 1.55. The summed E-state index contributed by atoms with van der Waals surface area (Å²) in [6.07, 6.45) is 4.87. The van der Waals surface area contributed by atoms with Crippen LogP contribution in [-0.2, 0) is 0 Å². The van der Waals surface area contributed by atoms with E-state index >= 15 is 0 Å². The van der Waals surface area contributed by atoms with Crippen molar-refractivity contribution in [2.24, 2.45) is 5.73 Å². The number of hydrogen-bond acceptors (Lipinski definition) is 4. The molecule has 1 heterocycles. The summed E-state index contributed by atoms with van der Waals surface area (Å²) in [5.74, 6) is 0.223. The molecule has 0 atom stereocenters. The second kappa shape index (κ2) is 6.83. The highest BCUT2D eigenvalue weighted by Gasteiger charge is 2.06. The van der Waals surface area contributed by atoms with E-state index in [0.29, 0.717) is 0 Å². The van der Waals surface area contributed by atoms with Crippen LogP contribution >= 0.6 is 0 Å². The Labute approximate surface area is 102 Å². The number of anilines is 1. The molecule has 0 unspecified atom stereocenters. The van der Waals surface area contributed by atoms with Crippen LogP contribution in [0.5, 0.6) is 0 Å². The molecule has 17 heavy (non-hydrogen) atoms. The summed E-state index contributed by atoms with van der Waals surface area (Å²) in [4.78, 5) is 12.9. The average molecular weight is 236 g/mol. The third kappa shape index (κ3) is 4.38. The molecule has 5 heteroatoms. The van der Waals surface area contributed by atoms with Gasteiger partial charge in [0.2, 0.25) is 0 Å². The van der Waals surface area contributed by atoms with Gasteiger partial charge in [-0.15, -0.1) is 10.2 Å². The molecule has 1 rings (SSSR count). The van der Waals surface area contributed by atoms with Crippen molar-refractivity contribution in [3.05, 3.63) is 17.8 Å². The normalized spacial score (nSPS) is 10.2. The van der Waals surface area contributed by atoms with Gasteiger partial charge < -0.3 is 10.6 Å². The SMILES string of the molecule is CCCCCCN(C)c1ccc(C(N)=O)nn1. The lowest BCUT2D eigenvalue weighted by molar-refractivity contribution is 0.0994. The van der Waals surface area contributed by atoms with Crippen LogP contribution in [0.1, 0.15) is 43.1 Å². The van der Waals surface area contributed by atoms with Gasteiger partial charge in [-0.25, -0.2) is 0 Å². The molecule has 0 fully saturated rings. The third-order valence-corrected chi connectivity index (χ3v) is 2.64. The smallest absolute Gasteiger partial charge is 0.269 e. The van der Waals surface area contributed by atoms with Crippen LogP contribution in [0.25, 0.3) is 0 Å². The molecule has 0 saturated heterocycles. The number of carbonyl (C=O) groups excluding carboxylic acids is 1. The van der Waals surface area contributed by atoms with Crippen molar-refractivity contribution in [2.75, 3.05) is 18.5 Å². The molecule has 0 radical (unpaired) electrons. The number of nitrogens with two attached hydrogens (primary N) is 1. The first-order valence-corrected chi connectivity index (χ1v) is 5.99. The fourth-order valence-corrected chi connectivity index (χ4v) is 1.55. The first kappa shape index (κ1) is 13.4. The van der Waals surface area contributed by atoms with Crippen molar-refractivity contribution >= 4 is 11.7 Å². The Morgan fingerprint density at radius 1 is 1.29 bits per heavy atom. The van der Waals surface area contributed by atoms with Gasteiger partial charge in [-0.2, -0.15) is 0 Å². The lowest BCUT2D eigenvalue weighted by Crippen LogP contribution is -2.21. The van der Waals surface area contributed by atoms with E-state index in [1.807, 2.05) is 11.9 Å². The molecule has 0 spiro atoms. The molecule has 5 nitrogen and oxygen atoms in total. The summed E-state index contributed by atoms with van der Waals surface area (Å²) in [5, 5.41) is 7.75. The second-order valence-electron chi connectivity index (χ2n) is 4.12. The largest absolute Gasteiger partial charge is 0.364 e. The number of aromatic nitrogens is 2. The lowest BCUT2D eigenvalue weighted by atomic mass is 10.2. The van der Waals surface area contributed by atoms with E-state index in [1.165, 1.54) is 19.3 Å². The van der Waals surface area contributed by atoms with Gasteiger partial charge in [0.05, 0.1) is 0 Å². The van der Waals surface area contributed by atoms with Crippen LogP contribution in [0.4, 0.5) is 5.82 Å². The predicted octanol–water partition coefficient (Wildman–Crippen LogP) is 1.59. The molecule has 0 aliphatic carbocycles. The number of rotatable bonds is 7. The van der Waals surface area contributed by atoms with Crippen molar-refractivity contribution in [1.29, 1.82) is 0 Å². The monoisotopic (exact) mass is 236 g/mol. The highest BCUT2D eigenvalue weighted by atomic mass is 16.1. The molecular weight excluding hydrogens is 216 g/mol. The maximum absolute atomic E-state index is 10.8. The van der Waals surface area contributed by atoms with Crippen molar-refractivity contribution in [1.82, 2.24) is 10.2 Å². The Hall–Kier alpha value is -1.65. The highest BCUT2D eigenvalue weighted by Crippen LogP contribution is 2.09. The average Bonchev–Trinajstić information content (AvgIpc) is 2.34. The standard InChI is InChI=1S/C12H20N4O/c1-3-4-5-6-9-16(2)11-8-7-10(12(13)17)14-15-11/h7-8H,3-6,9H2,1-2H3,(H2,13,17). The number of amides is 1. The second-order valence-corrected chi connectivity index (χ2v) is 4.12. The van der Waals surface area contributed by atoms with Gasteiger partial charge in [-0.1, -0.05) is 26.2 Å². The summed E-state index contributed by atoms with van der Waals surface area (Å²) in [6.45, 7) is 3.14. The molecule has 94 valence electrons. The van der Waals surface area contributed by atoms with E-state index in [1.54, 1.807) is 12.1 Å². The van der Waals surface area contributed by atoms with Crippen LogP contribution < -0.4 is 10.6 Å². The van der Waals surface area contributed by atoms with Gasteiger partial charge in [-0.3, -0.25) is 4.79 Å². The zero-order valence-electron chi connectivity index (χ0n) is 10.5. The Balaban J connectivity index is 2.46. The molecular formula is C12H20N4O. The van der Waals surface area contributed by atoms with Crippen LogP contribution in [0.2, 0.25) is 0 Å². The molecule has 1 aromatic rings. The lowest BCUT2D eigenvalue weighted by Gasteiger charge is -2.17. The van der Waals surface area contributed by atoms with Gasteiger partial charge in [0, 0.05) is 13.6 Å². The minimum atomic E-state index is -0.547. The summed E-state index contributed by atoms with van der Waals surface area (Å²) in [7, 11) is 1.97. The number of unbranched alkanes of at least 4 members (excludes halogenated alkanes) is 3. The number of nitrogens with zero attached hydrogens (tertiary/aromatic N) is 3. The molecule has 0 aromatic carbocycles. The molecule has 2 N–H and O–H groups in total. The zero-order chi connectivity index (χ0) is 12.7. The molecule has 0 bridgehead atoms. The Bertz CT molecular complexity index is 350. The Kier molecular flexibility index (Phi) is 5.39. The minimum absolute atomic E-state index is 0.202. The first-order chi connectivity index (χ1) is 8.15. The van der Waals surface area contributed by atoms with Gasteiger partial charge >= 0.3 is 0 Å². The van der Waals surface area contributed by atoms with E-state index in [9.17, 15) is 4.79 Å². The van der Waals surface area contributed by atoms with Crippen molar-refractivity contribution in [3.63, 3.8) is 0 Å². The summed E-state index contributed by atoms with van der Waals surface area (Å²) >= 11 is 0. The Morgan fingerprint density at radius 3 is 2.59 bits per heavy atom. The topological polar surface area (TPSA) is 72.1 Å². The minimum Gasteiger partial charge on any atom is -0.364 e. The van der Waals surface area contributed by atoms with E-state index in [4.69, 9.17) is 5.73 Å². The molecule has 1 amide bonds. The predicted molar refractivity (Wildman–Crippen MR) is 68.0 cm³/mol. The van der Waals surface area contributed by atoms with Crippen molar-refractivity contribution < 1.29 is 4.79 Å². The number of primary amides is 1. The van der Waals surface area contributed by atoms with Crippen molar-refractivity contribution in [2.45, 2.75) is 32.6 Å². The maximum Gasteiger partial charge on any atom is 0.269 e. The number of hydrogen-bond donors (Lipinski definition) is 1. The third-order valence-electron chi connectivity index (χ3n) is 2.64. The van der Waals surface area contributed by atoms with Crippen LogP contribution in [0.15, 0.2) is 12.1 Å². The first-order valence-electron chi connectivity index (χ1n) is 5.99. The molecule has 0 aliphatic heterocycles. The van der Waals surface area contributed by atoms with Gasteiger partial charge in [-0.05, 0) is 18.6 Å². The van der Waals surface area contributed by atoms with Crippen molar-refractivity contribution in [3.8, 4) is 0 Å². The number of carbonyl (C=O) groups is 1. The summed E-state index contributed by atoms with van der Waals surface area (Å²) < 4.78 is 0. The Morgan fingerprint density at radius 2 is 2.06 bits per heavy atom. The van der Waals surface area contributed by atoms with E-state index in [-0.39, 0.29) is 5.69 Å². The summed E-state index contributed by atoms with van der Waals surface area (Å²) in [5.41, 5.74) is 5.30. The maximum atomic E-state index is 10.8. The van der Waals surface area contributed by atoms with Crippen LogP contribution in [0.3, 0.4) is 0 Å². The van der Waals surface area contributed by atoms with Crippen LogP contribution in [0, 0.1) is 0 Å². The fraction of sp³-hybridized carbons (Fsp3) is 0.583.